The Balaban J connectivity index is 3.99. The van der Waals surface area contributed by atoms with Gasteiger partial charge in [-0.1, -0.05) is 0 Å². The predicted molar refractivity (Wildman–Crippen MR) is 39.9 cm³/mol. The van der Waals surface area contributed by atoms with E-state index in [0.29, 0.717) is 0 Å². The fraction of sp³-hybridized carbons (Fsp3) is 0.500. The molecule has 0 heterocycles. The Bertz CT molecular complexity index is 179. The van der Waals surface area contributed by atoms with E-state index < -0.39 is 17.7 Å². The average Bonchev–Trinajstić information content (AvgIpc) is 1.86. The minimum atomic E-state index is -0.620. The summed E-state index contributed by atoms with van der Waals surface area (Å²) in [6.07, 6.45) is 1.14. The Morgan fingerprint density at radius 2 is 2.00 bits per heavy atom. The Morgan fingerprint density at radius 1 is 1.45 bits per heavy atom. The molecule has 2 amide bonds. The number of carbonyl (C=O) groups is 2. The first-order chi connectivity index (χ1) is 5.07. The molecule has 0 radical (unpaired) electrons. The van der Waals surface area contributed by atoms with Crippen LogP contribution in [0, 0.1) is 11.3 Å². The SMILES string of the molecule is N=CCC(CC(N)=O)C(N)=O. The third-order valence-corrected chi connectivity index (χ3v) is 1.25. The van der Waals surface area contributed by atoms with Gasteiger partial charge in [-0.2, -0.15) is 0 Å². The maximum Gasteiger partial charge on any atom is 0.221 e. The molecule has 0 aromatic carbocycles. The first-order valence-electron chi connectivity index (χ1n) is 3.14. The van der Waals surface area contributed by atoms with E-state index in [1.165, 1.54) is 0 Å². The number of nitrogens with one attached hydrogen (secondary N) is 1. The van der Waals surface area contributed by atoms with Crippen molar-refractivity contribution in [2.75, 3.05) is 0 Å². The number of rotatable bonds is 5. The van der Waals surface area contributed by atoms with E-state index in [9.17, 15) is 9.59 Å². The molecule has 11 heavy (non-hydrogen) atoms. The standard InChI is InChI=1S/C6H11N3O2/c7-2-1-4(6(9)11)3-5(8)10/h2,4,7H,1,3H2,(H2,8,10)(H2,9,11). The zero-order chi connectivity index (χ0) is 8.85. The lowest BCUT2D eigenvalue weighted by molar-refractivity contribution is -0.126. The van der Waals surface area contributed by atoms with Gasteiger partial charge in [0.05, 0.1) is 5.92 Å². The summed E-state index contributed by atoms with van der Waals surface area (Å²) < 4.78 is 0. The van der Waals surface area contributed by atoms with E-state index in [1.807, 2.05) is 0 Å². The highest BCUT2D eigenvalue weighted by Crippen LogP contribution is 2.04. The van der Waals surface area contributed by atoms with Crippen molar-refractivity contribution in [2.24, 2.45) is 17.4 Å². The molecular weight excluding hydrogens is 146 g/mol. The third kappa shape index (κ3) is 4.07. The van der Waals surface area contributed by atoms with Crippen LogP contribution >= 0.6 is 0 Å². The van der Waals surface area contributed by atoms with Crippen LogP contribution in [0.5, 0.6) is 0 Å². The van der Waals surface area contributed by atoms with Crippen molar-refractivity contribution in [2.45, 2.75) is 12.8 Å². The maximum absolute atomic E-state index is 10.5. The number of nitrogens with two attached hydrogens (primary N) is 2. The number of carbonyl (C=O) groups excluding carboxylic acids is 2. The Kier molecular flexibility index (Phi) is 3.87. The molecule has 5 heteroatoms. The van der Waals surface area contributed by atoms with Gasteiger partial charge in [0.15, 0.2) is 0 Å². The molecule has 0 spiro atoms. The van der Waals surface area contributed by atoms with Gasteiger partial charge in [-0.05, 0) is 12.6 Å². The molecule has 5 nitrogen and oxygen atoms in total. The lowest BCUT2D eigenvalue weighted by atomic mass is 10.0. The van der Waals surface area contributed by atoms with Crippen LogP contribution in [0.1, 0.15) is 12.8 Å². The summed E-state index contributed by atoms with van der Waals surface area (Å²) in [5.74, 6) is -1.78. The second kappa shape index (κ2) is 4.43. The highest BCUT2D eigenvalue weighted by molar-refractivity contribution is 5.85. The van der Waals surface area contributed by atoms with Gasteiger partial charge < -0.3 is 16.9 Å². The first kappa shape index (κ1) is 9.61. The van der Waals surface area contributed by atoms with Crippen LogP contribution in [0.2, 0.25) is 0 Å². The lowest BCUT2D eigenvalue weighted by Crippen LogP contribution is -2.28. The zero-order valence-electron chi connectivity index (χ0n) is 6.04. The van der Waals surface area contributed by atoms with Crippen molar-refractivity contribution in [3.63, 3.8) is 0 Å². The minimum absolute atomic E-state index is 0.0787. The summed E-state index contributed by atoms with van der Waals surface area (Å²) in [7, 11) is 0. The van der Waals surface area contributed by atoms with Gasteiger partial charge in [-0.3, -0.25) is 9.59 Å². The molecular formula is C6H11N3O2. The Labute approximate surface area is 64.3 Å². The molecule has 5 N–H and O–H groups in total. The molecule has 0 saturated carbocycles. The van der Waals surface area contributed by atoms with Crippen LogP contribution in [0.25, 0.3) is 0 Å². The molecule has 0 aliphatic rings. The fourth-order valence-electron chi connectivity index (χ4n) is 0.685. The lowest BCUT2D eigenvalue weighted by Gasteiger charge is -2.06. The van der Waals surface area contributed by atoms with Gasteiger partial charge in [0, 0.05) is 6.42 Å². The monoisotopic (exact) mass is 157 g/mol. The van der Waals surface area contributed by atoms with E-state index in [0.717, 1.165) is 6.21 Å². The molecule has 1 atom stereocenters. The minimum Gasteiger partial charge on any atom is -0.370 e. The largest absolute Gasteiger partial charge is 0.370 e. The highest BCUT2D eigenvalue weighted by Gasteiger charge is 2.15. The Hall–Kier alpha value is -1.39. The zero-order valence-corrected chi connectivity index (χ0v) is 6.04. The number of hydrogen-bond donors (Lipinski definition) is 3. The van der Waals surface area contributed by atoms with Crippen molar-refractivity contribution >= 4 is 18.0 Å². The van der Waals surface area contributed by atoms with Gasteiger partial charge >= 0.3 is 0 Å². The van der Waals surface area contributed by atoms with E-state index in [1.54, 1.807) is 0 Å². The van der Waals surface area contributed by atoms with Gasteiger partial charge in [-0.15, -0.1) is 0 Å². The highest BCUT2D eigenvalue weighted by atomic mass is 16.2. The summed E-state index contributed by atoms with van der Waals surface area (Å²) in [6, 6.07) is 0. The van der Waals surface area contributed by atoms with E-state index >= 15 is 0 Å². The van der Waals surface area contributed by atoms with Gasteiger partial charge in [-0.25, -0.2) is 0 Å². The quantitative estimate of drug-likeness (QED) is 0.445. The van der Waals surface area contributed by atoms with Crippen LogP contribution in [0.4, 0.5) is 0 Å². The number of amides is 2. The molecule has 0 aliphatic carbocycles. The van der Waals surface area contributed by atoms with Crippen molar-refractivity contribution in [1.82, 2.24) is 0 Å². The second-order valence-corrected chi connectivity index (χ2v) is 2.21. The predicted octanol–water partition coefficient (Wildman–Crippen LogP) is -0.997. The molecule has 62 valence electrons. The smallest absolute Gasteiger partial charge is 0.221 e. The van der Waals surface area contributed by atoms with E-state index in [4.69, 9.17) is 16.9 Å². The summed E-state index contributed by atoms with van der Waals surface area (Å²) in [6.45, 7) is 0. The average molecular weight is 157 g/mol. The van der Waals surface area contributed by atoms with Crippen molar-refractivity contribution < 1.29 is 9.59 Å². The van der Waals surface area contributed by atoms with Crippen LogP contribution in [-0.4, -0.2) is 18.0 Å². The number of primary amides is 2. The van der Waals surface area contributed by atoms with Crippen LogP contribution < -0.4 is 11.5 Å². The second-order valence-electron chi connectivity index (χ2n) is 2.21. The maximum atomic E-state index is 10.5. The molecule has 0 aromatic heterocycles. The summed E-state index contributed by atoms with van der Waals surface area (Å²) in [5.41, 5.74) is 9.76. The van der Waals surface area contributed by atoms with E-state index in [2.05, 4.69) is 0 Å². The first-order valence-corrected chi connectivity index (χ1v) is 3.14. The summed E-state index contributed by atoms with van der Waals surface area (Å²) in [5, 5.41) is 6.69. The Morgan fingerprint density at radius 3 is 2.27 bits per heavy atom. The van der Waals surface area contributed by atoms with Gasteiger partial charge in [0.2, 0.25) is 11.8 Å². The number of hydrogen-bond acceptors (Lipinski definition) is 3. The molecule has 0 fully saturated rings. The van der Waals surface area contributed by atoms with Gasteiger partial charge in [0.1, 0.15) is 0 Å². The molecule has 0 aromatic rings. The van der Waals surface area contributed by atoms with Crippen molar-refractivity contribution in [3.8, 4) is 0 Å². The van der Waals surface area contributed by atoms with Crippen molar-refractivity contribution in [3.05, 3.63) is 0 Å². The summed E-state index contributed by atoms with van der Waals surface area (Å²) >= 11 is 0. The molecule has 0 bridgehead atoms. The molecule has 0 aliphatic heterocycles. The topological polar surface area (TPSA) is 110 Å². The van der Waals surface area contributed by atoms with Gasteiger partial charge in [0.25, 0.3) is 0 Å². The molecule has 1 unspecified atom stereocenters. The molecule has 0 rings (SSSR count). The fourth-order valence-corrected chi connectivity index (χ4v) is 0.685. The van der Waals surface area contributed by atoms with Crippen molar-refractivity contribution in [1.29, 1.82) is 5.41 Å². The third-order valence-electron chi connectivity index (χ3n) is 1.25. The van der Waals surface area contributed by atoms with Crippen LogP contribution in [-0.2, 0) is 9.59 Å². The molecule has 0 saturated heterocycles. The van der Waals surface area contributed by atoms with Crippen LogP contribution in [0.15, 0.2) is 0 Å². The van der Waals surface area contributed by atoms with E-state index in [-0.39, 0.29) is 12.8 Å². The van der Waals surface area contributed by atoms with Crippen LogP contribution in [0.3, 0.4) is 0 Å². The summed E-state index contributed by atoms with van der Waals surface area (Å²) in [4.78, 5) is 20.9. The normalized spacial score (nSPS) is 12.0.